The zero-order valence-electron chi connectivity index (χ0n) is 38.5. The zero-order chi connectivity index (χ0) is 45.9. The Hall–Kier alpha value is -3.90. The average Bonchev–Trinajstić information content (AvgIpc) is 3.28. The van der Waals surface area contributed by atoms with Gasteiger partial charge in [0.2, 0.25) is 0 Å². The van der Waals surface area contributed by atoms with Crippen LogP contribution in [-0.4, -0.2) is 89.0 Å². The van der Waals surface area contributed by atoms with Gasteiger partial charge in [-0.1, -0.05) is 155 Å². The maximum atomic E-state index is 12.8. The molecule has 0 bridgehead atoms. The standard InChI is InChI=1S/C53H82O10/c1-3-5-7-9-11-13-15-17-19-21-23-25-27-29-31-33-35-37-39-41-48(55)60-44-46(45-61-53-52(59)51(58)50(57)47(43-54)63-53)62-49(56)42-40-38-36-34-32-30-28-26-24-22-20-18-16-14-12-10-8-6-4-2/h6,8,11-14,17-20,23-26,29-32,35,37,46-47,50-54,57-59H,3-5,7,9-10,15-16,21-22,27-28,33-34,36,38-45H2,1-2H3/b8-6+,13-11+,14-12+,19-17+,20-18+,25-23+,26-24+,31-29+,32-30+,37-35+/t46-,47-,50+,51?,52?,53-/m0/s1. The van der Waals surface area contributed by atoms with E-state index in [1.165, 1.54) is 25.7 Å². The first-order valence-corrected chi connectivity index (χ1v) is 23.6. The minimum absolute atomic E-state index is 0.136. The van der Waals surface area contributed by atoms with Gasteiger partial charge in [-0.15, -0.1) is 0 Å². The first-order valence-electron chi connectivity index (χ1n) is 23.6. The molecule has 6 atom stereocenters. The predicted molar refractivity (Wildman–Crippen MR) is 256 cm³/mol. The van der Waals surface area contributed by atoms with Gasteiger partial charge in [-0.05, 0) is 96.3 Å². The van der Waals surface area contributed by atoms with E-state index in [1.54, 1.807) is 0 Å². The van der Waals surface area contributed by atoms with Crippen LogP contribution in [0.15, 0.2) is 122 Å². The van der Waals surface area contributed by atoms with Crippen LogP contribution in [0.1, 0.15) is 142 Å². The zero-order valence-corrected chi connectivity index (χ0v) is 38.5. The van der Waals surface area contributed by atoms with E-state index in [9.17, 15) is 30.0 Å². The van der Waals surface area contributed by atoms with Crippen LogP contribution < -0.4 is 0 Å². The van der Waals surface area contributed by atoms with Crippen molar-refractivity contribution >= 4 is 11.9 Å². The van der Waals surface area contributed by atoms with Crippen LogP contribution >= 0.6 is 0 Å². The maximum absolute atomic E-state index is 12.8. The van der Waals surface area contributed by atoms with Crippen molar-refractivity contribution in [1.29, 1.82) is 0 Å². The van der Waals surface area contributed by atoms with E-state index in [1.807, 2.05) is 12.2 Å². The van der Waals surface area contributed by atoms with E-state index in [2.05, 4.69) is 123 Å². The molecule has 0 aromatic heterocycles. The average molecular weight is 879 g/mol. The summed E-state index contributed by atoms with van der Waals surface area (Å²) in [4.78, 5) is 25.3. The fraction of sp³-hybridized carbons (Fsp3) is 0.585. The highest BCUT2D eigenvalue weighted by Crippen LogP contribution is 2.22. The Bertz CT molecular complexity index is 1430. The smallest absolute Gasteiger partial charge is 0.306 e. The van der Waals surface area contributed by atoms with E-state index < -0.39 is 55.4 Å². The number of aliphatic hydroxyl groups excluding tert-OH is 4. The minimum atomic E-state index is -1.62. The fourth-order valence-electron chi connectivity index (χ4n) is 6.14. The molecule has 0 aromatic carbocycles. The molecule has 354 valence electrons. The molecule has 0 spiro atoms. The minimum Gasteiger partial charge on any atom is -0.462 e. The molecule has 10 heteroatoms. The Labute approximate surface area is 380 Å². The van der Waals surface area contributed by atoms with Gasteiger partial charge in [-0.2, -0.15) is 0 Å². The third kappa shape index (κ3) is 33.3. The first-order chi connectivity index (χ1) is 30.8. The highest BCUT2D eigenvalue weighted by atomic mass is 16.7. The second-order valence-corrected chi connectivity index (χ2v) is 15.5. The predicted octanol–water partition coefficient (Wildman–Crippen LogP) is 10.7. The monoisotopic (exact) mass is 879 g/mol. The molecule has 4 N–H and O–H groups in total. The third-order valence-corrected chi connectivity index (χ3v) is 9.84. The molecule has 1 aliphatic heterocycles. The normalized spacial score (nSPS) is 20.6. The molecular weight excluding hydrogens is 797 g/mol. The molecule has 63 heavy (non-hydrogen) atoms. The molecule has 2 unspecified atom stereocenters. The Morgan fingerprint density at radius 3 is 1.44 bits per heavy atom. The van der Waals surface area contributed by atoms with Crippen LogP contribution in [0.4, 0.5) is 0 Å². The first kappa shape index (κ1) is 57.1. The molecule has 0 radical (unpaired) electrons. The van der Waals surface area contributed by atoms with Crippen LogP contribution in [0.2, 0.25) is 0 Å². The number of allylic oxidation sites excluding steroid dienone is 20. The number of unbranched alkanes of at least 4 members (excludes halogenated alkanes) is 6. The molecule has 0 amide bonds. The molecule has 0 aliphatic carbocycles. The SMILES string of the molecule is CC/C=C/C/C=C/C/C=C/C/C=C/C/C=C/CCCCCC(=O)O[C@@H](COC(=O)CC/C=C/C/C=C/C/C=C/C/C=C/C/C=C/CCCCC)CO[C@H]1O[C@@H](CO)[C@@H](O)C(O)C1O. The molecule has 1 rings (SSSR count). The molecule has 1 heterocycles. The lowest BCUT2D eigenvalue weighted by Crippen LogP contribution is -2.59. The Morgan fingerprint density at radius 1 is 0.508 bits per heavy atom. The summed E-state index contributed by atoms with van der Waals surface area (Å²) in [5.41, 5.74) is 0. The van der Waals surface area contributed by atoms with Crippen molar-refractivity contribution in [1.82, 2.24) is 0 Å². The highest BCUT2D eigenvalue weighted by molar-refractivity contribution is 5.70. The number of esters is 2. The molecule has 0 aromatic rings. The van der Waals surface area contributed by atoms with E-state index in [4.69, 9.17) is 18.9 Å². The van der Waals surface area contributed by atoms with Gasteiger partial charge in [0.05, 0.1) is 13.2 Å². The third-order valence-electron chi connectivity index (χ3n) is 9.84. The van der Waals surface area contributed by atoms with E-state index in [-0.39, 0.29) is 26.1 Å². The van der Waals surface area contributed by atoms with Crippen LogP contribution in [0.25, 0.3) is 0 Å². The Morgan fingerprint density at radius 2 is 0.968 bits per heavy atom. The molecule has 0 saturated carbocycles. The number of hydrogen-bond donors (Lipinski definition) is 4. The summed E-state index contributed by atoms with van der Waals surface area (Å²) in [6.45, 7) is 3.15. The topological polar surface area (TPSA) is 152 Å². The second-order valence-electron chi connectivity index (χ2n) is 15.5. The lowest BCUT2D eigenvalue weighted by Gasteiger charge is -2.39. The van der Waals surface area contributed by atoms with Crippen molar-refractivity contribution in [2.24, 2.45) is 0 Å². The molecular formula is C53H82O10. The van der Waals surface area contributed by atoms with Crippen molar-refractivity contribution in [2.75, 3.05) is 19.8 Å². The van der Waals surface area contributed by atoms with Crippen molar-refractivity contribution in [3.63, 3.8) is 0 Å². The Balaban J connectivity index is 2.41. The van der Waals surface area contributed by atoms with Gasteiger partial charge in [-0.25, -0.2) is 0 Å². The van der Waals surface area contributed by atoms with Crippen LogP contribution in [0.5, 0.6) is 0 Å². The fourth-order valence-corrected chi connectivity index (χ4v) is 6.14. The quantitative estimate of drug-likeness (QED) is 0.0270. The lowest BCUT2D eigenvalue weighted by molar-refractivity contribution is -0.305. The largest absolute Gasteiger partial charge is 0.462 e. The number of carbonyl (C=O) groups excluding carboxylic acids is 2. The molecule has 10 nitrogen and oxygen atoms in total. The lowest BCUT2D eigenvalue weighted by atomic mass is 9.99. The summed E-state index contributed by atoms with van der Waals surface area (Å²) < 4.78 is 22.1. The van der Waals surface area contributed by atoms with Gasteiger partial charge in [0.1, 0.15) is 31.0 Å². The highest BCUT2D eigenvalue weighted by Gasteiger charge is 2.44. The summed E-state index contributed by atoms with van der Waals surface area (Å²) in [5.74, 6) is -0.954. The van der Waals surface area contributed by atoms with Crippen molar-refractivity contribution in [3.05, 3.63) is 122 Å². The summed E-state index contributed by atoms with van der Waals surface area (Å²) in [6, 6.07) is 0. The summed E-state index contributed by atoms with van der Waals surface area (Å²) in [7, 11) is 0. The van der Waals surface area contributed by atoms with Crippen LogP contribution in [0.3, 0.4) is 0 Å². The summed E-state index contributed by atoms with van der Waals surface area (Å²) >= 11 is 0. The van der Waals surface area contributed by atoms with Gasteiger partial charge in [0.15, 0.2) is 12.4 Å². The molecule has 1 saturated heterocycles. The number of aliphatic hydroxyl groups is 4. The van der Waals surface area contributed by atoms with Crippen LogP contribution in [0, 0.1) is 0 Å². The molecule has 1 aliphatic rings. The van der Waals surface area contributed by atoms with Crippen molar-refractivity contribution < 1.29 is 49.0 Å². The van der Waals surface area contributed by atoms with Gasteiger partial charge in [0.25, 0.3) is 0 Å². The number of hydrogen-bond acceptors (Lipinski definition) is 10. The second kappa shape index (κ2) is 42.1. The van der Waals surface area contributed by atoms with Crippen LogP contribution in [-0.2, 0) is 28.5 Å². The van der Waals surface area contributed by atoms with E-state index in [0.717, 1.165) is 77.0 Å². The van der Waals surface area contributed by atoms with Crippen molar-refractivity contribution in [2.45, 2.75) is 179 Å². The van der Waals surface area contributed by atoms with Gasteiger partial charge >= 0.3 is 11.9 Å². The van der Waals surface area contributed by atoms with Crippen molar-refractivity contribution in [3.8, 4) is 0 Å². The number of rotatable bonds is 37. The summed E-state index contributed by atoms with van der Waals surface area (Å²) in [5, 5.41) is 40.1. The Kier molecular flexibility index (Phi) is 38.1. The maximum Gasteiger partial charge on any atom is 0.306 e. The van der Waals surface area contributed by atoms with E-state index in [0.29, 0.717) is 12.8 Å². The van der Waals surface area contributed by atoms with Gasteiger partial charge in [0, 0.05) is 12.8 Å². The van der Waals surface area contributed by atoms with E-state index >= 15 is 0 Å². The number of carbonyl (C=O) groups is 2. The molecule has 1 fully saturated rings. The van der Waals surface area contributed by atoms with Gasteiger partial charge < -0.3 is 39.4 Å². The number of ether oxygens (including phenoxy) is 4. The summed E-state index contributed by atoms with van der Waals surface area (Å²) in [6.07, 6.45) is 52.1. The van der Waals surface area contributed by atoms with Gasteiger partial charge in [-0.3, -0.25) is 9.59 Å².